The Hall–Kier alpha value is 0. The second-order valence-electron chi connectivity index (χ2n) is 3.84. The van der Waals surface area contributed by atoms with Gasteiger partial charge in [-0.05, 0) is 11.8 Å². The lowest BCUT2D eigenvalue weighted by atomic mass is 9.98. The maximum Gasteiger partial charge on any atom is -0.0445 e. The number of hydrogen-bond donors (Lipinski definition) is 0. The largest absolute Gasteiger partial charge is 0.0651 e. The fraction of sp³-hybridized carbons (Fsp3) is 1.00. The van der Waals surface area contributed by atoms with Crippen molar-refractivity contribution in [3.05, 3.63) is 0 Å². The van der Waals surface area contributed by atoms with Gasteiger partial charge in [0.1, 0.15) is 0 Å². The smallest absolute Gasteiger partial charge is 0.0445 e. The van der Waals surface area contributed by atoms with Crippen LogP contribution in [-0.2, 0) is 0 Å². The fourth-order valence-corrected chi connectivity index (χ4v) is 1.08. The zero-order valence-corrected chi connectivity index (χ0v) is 7.98. The minimum Gasteiger partial charge on any atom is -0.0651 e. The van der Waals surface area contributed by atoms with Gasteiger partial charge in [0.2, 0.25) is 0 Å². The highest BCUT2D eigenvalue weighted by Crippen LogP contribution is 2.14. The van der Waals surface area contributed by atoms with Crippen molar-refractivity contribution in [3.8, 4) is 0 Å². The van der Waals surface area contributed by atoms with E-state index in [2.05, 4.69) is 27.7 Å². The van der Waals surface area contributed by atoms with Crippen LogP contribution >= 0.6 is 0 Å². The third kappa shape index (κ3) is 6.12. The van der Waals surface area contributed by atoms with Crippen LogP contribution in [0.25, 0.3) is 0 Å². The normalized spacial score (nSPS) is 14.1. The molecular formula is C10H22. The van der Waals surface area contributed by atoms with Crippen molar-refractivity contribution in [1.29, 1.82) is 0 Å². The van der Waals surface area contributed by atoms with Gasteiger partial charge in [0.05, 0.1) is 0 Å². The maximum atomic E-state index is 2.35. The van der Waals surface area contributed by atoms with E-state index in [0.717, 1.165) is 11.8 Å². The van der Waals surface area contributed by atoms with E-state index < -0.39 is 0 Å². The molecule has 10 heavy (non-hydrogen) atoms. The summed E-state index contributed by atoms with van der Waals surface area (Å²) in [5.41, 5.74) is 0. The Kier molecular flexibility index (Phi) is 5.76. The summed E-state index contributed by atoms with van der Waals surface area (Å²) in [6, 6.07) is 0. The van der Waals surface area contributed by atoms with E-state index in [-0.39, 0.29) is 0 Å². The highest BCUT2D eigenvalue weighted by molar-refractivity contribution is 4.52. The zero-order valence-electron chi connectivity index (χ0n) is 7.98. The predicted octanol–water partition coefficient (Wildman–Crippen LogP) is 3.86. The van der Waals surface area contributed by atoms with E-state index in [0.29, 0.717) is 0 Å². The molecule has 0 aliphatic heterocycles. The van der Waals surface area contributed by atoms with Crippen molar-refractivity contribution in [2.45, 2.75) is 53.4 Å². The highest BCUT2D eigenvalue weighted by atomic mass is 14.0. The quantitative estimate of drug-likeness (QED) is 0.547. The molecular weight excluding hydrogens is 120 g/mol. The summed E-state index contributed by atoms with van der Waals surface area (Å²) in [6.07, 6.45) is 5.60. The van der Waals surface area contributed by atoms with Gasteiger partial charge in [-0.1, -0.05) is 53.4 Å². The van der Waals surface area contributed by atoms with Crippen LogP contribution < -0.4 is 0 Å². The SMILES string of the molecule is CCC(C)CCCC(C)C. The van der Waals surface area contributed by atoms with E-state index in [1.165, 1.54) is 25.7 Å². The summed E-state index contributed by atoms with van der Waals surface area (Å²) < 4.78 is 0. The Morgan fingerprint density at radius 2 is 1.60 bits per heavy atom. The standard InChI is InChI=1S/C10H22/c1-5-10(4)8-6-7-9(2)3/h9-10H,5-8H2,1-4H3. The first-order valence-electron chi connectivity index (χ1n) is 4.66. The first-order valence-corrected chi connectivity index (χ1v) is 4.66. The summed E-state index contributed by atoms with van der Waals surface area (Å²) in [6.45, 7) is 9.23. The average molecular weight is 142 g/mol. The van der Waals surface area contributed by atoms with Crippen LogP contribution in [0.3, 0.4) is 0 Å². The zero-order chi connectivity index (χ0) is 7.98. The third-order valence-electron chi connectivity index (χ3n) is 2.18. The average Bonchev–Trinajstić information content (AvgIpc) is 1.87. The van der Waals surface area contributed by atoms with Crippen molar-refractivity contribution in [1.82, 2.24) is 0 Å². The summed E-state index contributed by atoms with van der Waals surface area (Å²) >= 11 is 0. The Bertz CT molecular complexity index is 64.4. The molecule has 1 atom stereocenters. The van der Waals surface area contributed by atoms with Crippen LogP contribution in [0.5, 0.6) is 0 Å². The van der Waals surface area contributed by atoms with Gasteiger partial charge in [0.15, 0.2) is 0 Å². The Morgan fingerprint density at radius 1 is 1.00 bits per heavy atom. The molecule has 0 aromatic carbocycles. The van der Waals surface area contributed by atoms with Gasteiger partial charge in [0.25, 0.3) is 0 Å². The molecule has 0 aliphatic rings. The first-order chi connectivity index (χ1) is 4.66. The summed E-state index contributed by atoms with van der Waals surface area (Å²) in [5.74, 6) is 1.84. The van der Waals surface area contributed by atoms with Crippen molar-refractivity contribution < 1.29 is 0 Å². The lowest BCUT2D eigenvalue weighted by molar-refractivity contribution is 0.449. The third-order valence-corrected chi connectivity index (χ3v) is 2.18. The lowest BCUT2D eigenvalue weighted by Gasteiger charge is -2.08. The van der Waals surface area contributed by atoms with Gasteiger partial charge in [-0.2, -0.15) is 0 Å². The monoisotopic (exact) mass is 142 g/mol. The molecule has 0 radical (unpaired) electrons. The van der Waals surface area contributed by atoms with E-state index in [9.17, 15) is 0 Å². The van der Waals surface area contributed by atoms with E-state index in [1.807, 2.05) is 0 Å². The summed E-state index contributed by atoms with van der Waals surface area (Å²) in [4.78, 5) is 0. The Labute approximate surface area is 66.0 Å². The summed E-state index contributed by atoms with van der Waals surface area (Å²) in [5, 5.41) is 0. The molecule has 0 saturated carbocycles. The minimum atomic E-state index is 0.893. The molecule has 0 saturated heterocycles. The Morgan fingerprint density at radius 3 is 2.00 bits per heavy atom. The van der Waals surface area contributed by atoms with E-state index in [1.54, 1.807) is 0 Å². The molecule has 0 bridgehead atoms. The molecule has 0 N–H and O–H groups in total. The maximum absolute atomic E-state index is 2.35. The number of hydrogen-bond acceptors (Lipinski definition) is 0. The van der Waals surface area contributed by atoms with Gasteiger partial charge in [-0.15, -0.1) is 0 Å². The van der Waals surface area contributed by atoms with Gasteiger partial charge in [-0.25, -0.2) is 0 Å². The molecule has 0 aromatic rings. The van der Waals surface area contributed by atoms with Crippen LogP contribution in [0, 0.1) is 11.8 Å². The second-order valence-corrected chi connectivity index (χ2v) is 3.84. The van der Waals surface area contributed by atoms with Crippen LogP contribution in [0.1, 0.15) is 53.4 Å². The minimum absolute atomic E-state index is 0.893. The molecule has 0 heteroatoms. The molecule has 0 spiro atoms. The van der Waals surface area contributed by atoms with Crippen LogP contribution in [0.4, 0.5) is 0 Å². The Balaban J connectivity index is 3.03. The van der Waals surface area contributed by atoms with Crippen molar-refractivity contribution in [2.75, 3.05) is 0 Å². The predicted molar refractivity (Wildman–Crippen MR) is 48.1 cm³/mol. The molecule has 0 aliphatic carbocycles. The van der Waals surface area contributed by atoms with Gasteiger partial charge < -0.3 is 0 Å². The van der Waals surface area contributed by atoms with E-state index in [4.69, 9.17) is 0 Å². The number of rotatable bonds is 5. The molecule has 62 valence electrons. The topological polar surface area (TPSA) is 0 Å². The molecule has 0 heterocycles. The second kappa shape index (κ2) is 5.76. The fourth-order valence-electron chi connectivity index (χ4n) is 1.08. The van der Waals surface area contributed by atoms with Gasteiger partial charge in [-0.3, -0.25) is 0 Å². The van der Waals surface area contributed by atoms with Crippen LogP contribution in [0.2, 0.25) is 0 Å². The van der Waals surface area contributed by atoms with Crippen molar-refractivity contribution in [3.63, 3.8) is 0 Å². The van der Waals surface area contributed by atoms with Gasteiger partial charge in [0, 0.05) is 0 Å². The molecule has 0 rings (SSSR count). The molecule has 1 unspecified atom stereocenters. The molecule has 0 aromatic heterocycles. The molecule has 0 fully saturated rings. The summed E-state index contributed by atoms with van der Waals surface area (Å²) in [7, 11) is 0. The molecule has 0 amide bonds. The highest BCUT2D eigenvalue weighted by Gasteiger charge is 1.99. The first kappa shape index (κ1) is 10.0. The van der Waals surface area contributed by atoms with Gasteiger partial charge >= 0.3 is 0 Å². The van der Waals surface area contributed by atoms with Crippen LogP contribution in [0.15, 0.2) is 0 Å². The lowest BCUT2D eigenvalue weighted by Crippen LogP contribution is -1.94. The van der Waals surface area contributed by atoms with Crippen molar-refractivity contribution in [2.24, 2.45) is 11.8 Å². The van der Waals surface area contributed by atoms with E-state index >= 15 is 0 Å². The van der Waals surface area contributed by atoms with Crippen molar-refractivity contribution >= 4 is 0 Å². The van der Waals surface area contributed by atoms with Crippen LogP contribution in [-0.4, -0.2) is 0 Å². The molecule has 0 nitrogen and oxygen atoms in total.